The molecule has 0 N–H and O–H groups in total. The van der Waals surface area contributed by atoms with Crippen LogP contribution in [0.2, 0.25) is 0 Å². The van der Waals surface area contributed by atoms with Crippen molar-refractivity contribution in [2.24, 2.45) is 0 Å². The number of hydrogen-bond donors (Lipinski definition) is 0. The molecule has 0 bridgehead atoms. The van der Waals surface area contributed by atoms with Crippen LogP contribution in [0.1, 0.15) is 52.4 Å². The average Bonchev–Trinajstić information content (AvgIpc) is 2.17. The van der Waals surface area contributed by atoms with Gasteiger partial charge in [0.05, 0.1) is 6.61 Å². The third-order valence-corrected chi connectivity index (χ3v) is 1.80. The van der Waals surface area contributed by atoms with Gasteiger partial charge in [0.1, 0.15) is 0 Å². The monoisotopic (exact) mass is 218 g/mol. The zero-order chi connectivity index (χ0) is 11.9. The van der Waals surface area contributed by atoms with E-state index in [0.717, 1.165) is 6.42 Å². The van der Waals surface area contributed by atoms with Gasteiger partial charge in [-0.3, -0.25) is 4.79 Å². The first-order valence-electron chi connectivity index (χ1n) is 5.72. The molecular formula is C12H26O3. The molecule has 3 nitrogen and oxygen atoms in total. The van der Waals surface area contributed by atoms with Crippen LogP contribution in [-0.2, 0) is 14.3 Å². The number of ether oxygens (including phenoxy) is 2. The molecule has 0 aliphatic carbocycles. The molecular weight excluding hydrogens is 192 g/mol. The summed E-state index contributed by atoms with van der Waals surface area (Å²) < 4.78 is 9.06. The van der Waals surface area contributed by atoms with Gasteiger partial charge in [0, 0.05) is 21.1 Å². The fourth-order valence-corrected chi connectivity index (χ4v) is 1.10. The summed E-state index contributed by atoms with van der Waals surface area (Å²) in [6, 6.07) is 0. The summed E-state index contributed by atoms with van der Waals surface area (Å²) in [7, 11) is 3.25. The lowest BCUT2D eigenvalue weighted by molar-refractivity contribution is -0.141. The van der Waals surface area contributed by atoms with Crippen LogP contribution < -0.4 is 0 Å². The lowest BCUT2D eigenvalue weighted by Crippen LogP contribution is -1.99. The molecule has 0 rings (SSSR count). The quantitative estimate of drug-likeness (QED) is 0.486. The number of carbonyl (C=O) groups is 1. The summed E-state index contributed by atoms with van der Waals surface area (Å²) in [5, 5.41) is 0. The zero-order valence-corrected chi connectivity index (χ0v) is 10.7. The summed E-state index contributed by atoms with van der Waals surface area (Å²) in [5.41, 5.74) is 0. The largest absolute Gasteiger partial charge is 0.466 e. The van der Waals surface area contributed by atoms with Gasteiger partial charge in [-0.15, -0.1) is 0 Å². The minimum atomic E-state index is -0.163. The van der Waals surface area contributed by atoms with Crippen LogP contribution in [0, 0.1) is 0 Å². The van der Waals surface area contributed by atoms with Gasteiger partial charge in [-0.25, -0.2) is 0 Å². The van der Waals surface area contributed by atoms with Crippen molar-refractivity contribution in [3.05, 3.63) is 0 Å². The number of carbonyl (C=O) groups excluding carboxylic acids is 1. The Kier molecular flexibility index (Phi) is 17.8. The lowest BCUT2D eigenvalue weighted by Gasteiger charge is -2.01. The van der Waals surface area contributed by atoms with E-state index in [1.165, 1.54) is 39.0 Å². The van der Waals surface area contributed by atoms with Crippen molar-refractivity contribution >= 4 is 5.97 Å². The molecule has 0 aromatic carbocycles. The highest BCUT2D eigenvalue weighted by molar-refractivity contribution is 5.65. The molecule has 0 unspecified atom stereocenters. The highest BCUT2D eigenvalue weighted by Gasteiger charge is 1.92. The van der Waals surface area contributed by atoms with Crippen molar-refractivity contribution in [1.82, 2.24) is 0 Å². The van der Waals surface area contributed by atoms with E-state index in [2.05, 4.69) is 11.7 Å². The van der Waals surface area contributed by atoms with Crippen LogP contribution in [0.3, 0.4) is 0 Å². The smallest absolute Gasteiger partial charge is 0.302 e. The molecule has 0 aromatic rings. The SMILES string of the molecule is CCCCCCCCOC(C)=O.COC. The van der Waals surface area contributed by atoms with Crippen molar-refractivity contribution in [2.75, 3.05) is 20.8 Å². The highest BCUT2D eigenvalue weighted by Crippen LogP contribution is 2.04. The molecule has 15 heavy (non-hydrogen) atoms. The Labute approximate surface area is 94.1 Å². The summed E-state index contributed by atoms with van der Waals surface area (Å²) in [6.45, 7) is 4.26. The van der Waals surface area contributed by atoms with E-state index >= 15 is 0 Å². The van der Waals surface area contributed by atoms with Gasteiger partial charge in [0.15, 0.2) is 0 Å². The third-order valence-electron chi connectivity index (χ3n) is 1.80. The topological polar surface area (TPSA) is 35.5 Å². The molecule has 0 fully saturated rings. The van der Waals surface area contributed by atoms with E-state index in [-0.39, 0.29) is 5.97 Å². The van der Waals surface area contributed by atoms with Crippen LogP contribution >= 0.6 is 0 Å². The van der Waals surface area contributed by atoms with Crippen molar-refractivity contribution in [2.45, 2.75) is 52.4 Å². The van der Waals surface area contributed by atoms with Crippen LogP contribution in [0.4, 0.5) is 0 Å². The van der Waals surface area contributed by atoms with E-state index in [0.29, 0.717) is 6.61 Å². The van der Waals surface area contributed by atoms with Gasteiger partial charge in [-0.1, -0.05) is 39.0 Å². The summed E-state index contributed by atoms with van der Waals surface area (Å²) in [6.07, 6.45) is 7.40. The Bertz CT molecular complexity index is 124. The molecule has 92 valence electrons. The molecule has 0 heterocycles. The molecule has 0 amide bonds. The van der Waals surface area contributed by atoms with Gasteiger partial charge in [-0.2, -0.15) is 0 Å². The number of hydrogen-bond acceptors (Lipinski definition) is 3. The first-order valence-corrected chi connectivity index (χ1v) is 5.72. The Morgan fingerprint density at radius 2 is 1.47 bits per heavy atom. The maximum absolute atomic E-state index is 10.4. The highest BCUT2D eigenvalue weighted by atomic mass is 16.5. The predicted molar refractivity (Wildman–Crippen MR) is 62.9 cm³/mol. The first kappa shape index (κ1) is 16.8. The number of unbranched alkanes of at least 4 members (excludes halogenated alkanes) is 5. The minimum Gasteiger partial charge on any atom is -0.466 e. The second-order valence-corrected chi connectivity index (χ2v) is 3.52. The number of rotatable bonds is 7. The maximum Gasteiger partial charge on any atom is 0.302 e. The van der Waals surface area contributed by atoms with Crippen molar-refractivity contribution in [3.63, 3.8) is 0 Å². The van der Waals surface area contributed by atoms with E-state index in [1.807, 2.05) is 0 Å². The second kappa shape index (κ2) is 15.9. The molecule has 3 heteroatoms. The Morgan fingerprint density at radius 3 is 1.93 bits per heavy atom. The molecule has 0 saturated heterocycles. The molecule has 0 aliphatic heterocycles. The van der Waals surface area contributed by atoms with Gasteiger partial charge < -0.3 is 9.47 Å². The van der Waals surface area contributed by atoms with Crippen LogP contribution in [0.25, 0.3) is 0 Å². The fourth-order valence-electron chi connectivity index (χ4n) is 1.10. The van der Waals surface area contributed by atoms with Gasteiger partial charge >= 0.3 is 5.97 Å². The van der Waals surface area contributed by atoms with Gasteiger partial charge in [-0.05, 0) is 6.42 Å². The summed E-state index contributed by atoms with van der Waals surface area (Å²) in [4.78, 5) is 10.4. The Morgan fingerprint density at radius 1 is 1.00 bits per heavy atom. The normalized spacial score (nSPS) is 9.07. The van der Waals surface area contributed by atoms with E-state index < -0.39 is 0 Å². The molecule has 0 radical (unpaired) electrons. The summed E-state index contributed by atoms with van der Waals surface area (Å²) >= 11 is 0. The van der Waals surface area contributed by atoms with E-state index in [1.54, 1.807) is 14.2 Å². The fraction of sp³-hybridized carbons (Fsp3) is 0.917. The van der Waals surface area contributed by atoms with Crippen LogP contribution in [-0.4, -0.2) is 26.8 Å². The number of esters is 1. The molecule has 0 atom stereocenters. The molecule has 0 spiro atoms. The standard InChI is InChI=1S/C10H20O2.C2H6O/c1-3-4-5-6-7-8-9-12-10(2)11;1-3-2/h3-9H2,1-2H3;1-2H3. The van der Waals surface area contributed by atoms with Gasteiger partial charge in [0.25, 0.3) is 0 Å². The molecule has 0 aliphatic rings. The average molecular weight is 218 g/mol. The summed E-state index contributed by atoms with van der Waals surface area (Å²) in [5.74, 6) is -0.163. The van der Waals surface area contributed by atoms with E-state index in [4.69, 9.17) is 4.74 Å². The first-order chi connectivity index (χ1) is 7.18. The van der Waals surface area contributed by atoms with Crippen molar-refractivity contribution in [3.8, 4) is 0 Å². The van der Waals surface area contributed by atoms with Crippen LogP contribution in [0.15, 0.2) is 0 Å². The zero-order valence-electron chi connectivity index (χ0n) is 10.7. The second-order valence-electron chi connectivity index (χ2n) is 3.52. The maximum atomic E-state index is 10.4. The lowest BCUT2D eigenvalue weighted by atomic mass is 10.1. The van der Waals surface area contributed by atoms with E-state index in [9.17, 15) is 4.79 Å². The molecule has 0 aromatic heterocycles. The van der Waals surface area contributed by atoms with Crippen molar-refractivity contribution in [1.29, 1.82) is 0 Å². The van der Waals surface area contributed by atoms with Crippen LogP contribution in [0.5, 0.6) is 0 Å². The van der Waals surface area contributed by atoms with Crippen molar-refractivity contribution < 1.29 is 14.3 Å². The predicted octanol–water partition coefficient (Wildman–Crippen LogP) is 3.17. The number of methoxy groups -OCH3 is 1. The van der Waals surface area contributed by atoms with Gasteiger partial charge in [0.2, 0.25) is 0 Å². The Balaban J connectivity index is 0. The minimum absolute atomic E-state index is 0.163. The Hall–Kier alpha value is -0.570. The molecule has 0 saturated carbocycles. The third kappa shape index (κ3) is 24.7.